The lowest BCUT2D eigenvalue weighted by Gasteiger charge is -2.08. The first-order valence-electron chi connectivity index (χ1n) is 5.57. The molecule has 0 bridgehead atoms. The number of benzene rings is 1. The van der Waals surface area contributed by atoms with Crippen molar-refractivity contribution in [2.75, 3.05) is 20.2 Å². The predicted molar refractivity (Wildman–Crippen MR) is 68.6 cm³/mol. The first kappa shape index (κ1) is 12.7. The van der Waals surface area contributed by atoms with Crippen molar-refractivity contribution >= 4 is 11.6 Å². The van der Waals surface area contributed by atoms with E-state index in [9.17, 15) is 0 Å². The van der Waals surface area contributed by atoms with Gasteiger partial charge in [0.2, 0.25) is 5.90 Å². The first-order valence-corrected chi connectivity index (χ1v) is 5.57. The Morgan fingerprint density at radius 3 is 2.44 bits per heavy atom. The molecule has 0 atom stereocenters. The van der Waals surface area contributed by atoms with E-state index in [4.69, 9.17) is 4.74 Å². The minimum Gasteiger partial charge on any atom is -0.483 e. The Bertz CT molecular complexity index is 352. The molecule has 0 amide bonds. The van der Waals surface area contributed by atoms with Crippen molar-refractivity contribution in [2.24, 2.45) is 4.99 Å². The highest BCUT2D eigenvalue weighted by Gasteiger charge is 2.03. The largest absolute Gasteiger partial charge is 0.483 e. The zero-order valence-electron chi connectivity index (χ0n) is 10.5. The zero-order valence-corrected chi connectivity index (χ0v) is 10.5. The van der Waals surface area contributed by atoms with Crippen LogP contribution in [0.3, 0.4) is 0 Å². The van der Waals surface area contributed by atoms with Crippen molar-refractivity contribution < 1.29 is 4.74 Å². The Balaban J connectivity index is 2.94. The Labute approximate surface area is 97.5 Å². The molecule has 0 aliphatic carbocycles. The molecule has 16 heavy (non-hydrogen) atoms. The lowest BCUT2D eigenvalue weighted by atomic mass is 10.1. The second-order valence-electron chi connectivity index (χ2n) is 3.73. The van der Waals surface area contributed by atoms with Gasteiger partial charge in [-0.15, -0.1) is 0 Å². The van der Waals surface area contributed by atoms with Gasteiger partial charge in [0.15, 0.2) is 0 Å². The number of hydrogen-bond acceptors (Lipinski definition) is 3. The molecule has 0 aliphatic heterocycles. The summed E-state index contributed by atoms with van der Waals surface area (Å²) in [5, 5.41) is 3.20. The highest BCUT2D eigenvalue weighted by atomic mass is 16.5. The van der Waals surface area contributed by atoms with Crippen LogP contribution in [0.4, 0.5) is 5.69 Å². The topological polar surface area (TPSA) is 33.6 Å². The molecule has 0 fully saturated rings. The van der Waals surface area contributed by atoms with Crippen molar-refractivity contribution in [3.8, 4) is 0 Å². The van der Waals surface area contributed by atoms with Crippen molar-refractivity contribution in [3.05, 3.63) is 29.3 Å². The van der Waals surface area contributed by atoms with E-state index in [2.05, 4.69) is 43.2 Å². The number of ether oxygens (including phenoxy) is 1. The van der Waals surface area contributed by atoms with Crippen LogP contribution in [0, 0.1) is 13.8 Å². The third kappa shape index (κ3) is 3.35. The molecule has 1 aromatic rings. The maximum absolute atomic E-state index is 5.25. The van der Waals surface area contributed by atoms with Gasteiger partial charge in [0, 0.05) is 0 Å². The van der Waals surface area contributed by atoms with Crippen LogP contribution in [-0.2, 0) is 4.74 Å². The molecule has 0 aliphatic rings. The van der Waals surface area contributed by atoms with Crippen LogP contribution in [0.15, 0.2) is 23.2 Å². The number of hydrogen-bond donors (Lipinski definition) is 1. The Morgan fingerprint density at radius 2 is 1.94 bits per heavy atom. The van der Waals surface area contributed by atoms with E-state index >= 15 is 0 Å². The van der Waals surface area contributed by atoms with Gasteiger partial charge in [-0.2, -0.15) is 0 Å². The summed E-state index contributed by atoms with van der Waals surface area (Å²) in [6, 6.07) is 6.17. The van der Waals surface area contributed by atoms with Gasteiger partial charge in [-0.25, -0.2) is 4.99 Å². The molecule has 0 radical (unpaired) electrons. The van der Waals surface area contributed by atoms with E-state index in [-0.39, 0.29) is 0 Å². The summed E-state index contributed by atoms with van der Waals surface area (Å²) < 4.78 is 5.25. The summed E-state index contributed by atoms with van der Waals surface area (Å²) in [7, 11) is 1.66. The van der Waals surface area contributed by atoms with E-state index in [1.807, 2.05) is 6.07 Å². The summed E-state index contributed by atoms with van der Waals surface area (Å²) in [4.78, 5) is 4.55. The molecule has 3 heteroatoms. The summed E-state index contributed by atoms with van der Waals surface area (Å²) >= 11 is 0. The van der Waals surface area contributed by atoms with Crippen molar-refractivity contribution in [1.29, 1.82) is 0 Å². The SMILES string of the molecule is CCNC/C(=N\c1c(C)cccc1C)OC. The van der Waals surface area contributed by atoms with Crippen molar-refractivity contribution in [2.45, 2.75) is 20.8 Å². The molecule has 88 valence electrons. The molecular weight excluding hydrogens is 200 g/mol. The molecule has 0 heterocycles. The van der Waals surface area contributed by atoms with Crippen molar-refractivity contribution in [3.63, 3.8) is 0 Å². The van der Waals surface area contributed by atoms with Gasteiger partial charge in [-0.3, -0.25) is 0 Å². The van der Waals surface area contributed by atoms with E-state index in [0.29, 0.717) is 6.54 Å². The Hall–Kier alpha value is -1.35. The summed E-state index contributed by atoms with van der Waals surface area (Å²) in [5.74, 6) is 0.722. The smallest absolute Gasteiger partial charge is 0.202 e. The van der Waals surface area contributed by atoms with E-state index in [0.717, 1.165) is 18.1 Å². The van der Waals surface area contributed by atoms with E-state index in [1.54, 1.807) is 7.11 Å². The monoisotopic (exact) mass is 220 g/mol. The minimum absolute atomic E-state index is 0.667. The molecule has 0 saturated heterocycles. The summed E-state index contributed by atoms with van der Waals surface area (Å²) in [6.45, 7) is 7.76. The van der Waals surface area contributed by atoms with Gasteiger partial charge in [-0.1, -0.05) is 25.1 Å². The molecule has 1 N–H and O–H groups in total. The zero-order chi connectivity index (χ0) is 12.0. The highest BCUT2D eigenvalue weighted by Crippen LogP contribution is 2.23. The normalized spacial score (nSPS) is 11.6. The average Bonchev–Trinajstić information content (AvgIpc) is 2.28. The van der Waals surface area contributed by atoms with Gasteiger partial charge in [0.1, 0.15) is 0 Å². The molecule has 1 rings (SSSR count). The highest BCUT2D eigenvalue weighted by molar-refractivity contribution is 5.82. The van der Waals surface area contributed by atoms with E-state index in [1.165, 1.54) is 11.1 Å². The maximum atomic E-state index is 5.25. The number of para-hydroxylation sites is 1. The molecule has 3 nitrogen and oxygen atoms in total. The number of aliphatic imine (C=N–C) groups is 1. The number of aryl methyl sites for hydroxylation is 2. The van der Waals surface area contributed by atoms with Gasteiger partial charge in [0.05, 0.1) is 19.3 Å². The second kappa shape index (κ2) is 6.28. The third-order valence-corrected chi connectivity index (χ3v) is 2.44. The molecule has 0 aromatic heterocycles. The molecule has 0 saturated carbocycles. The molecule has 0 spiro atoms. The van der Waals surface area contributed by atoms with Crippen molar-refractivity contribution in [1.82, 2.24) is 5.32 Å². The third-order valence-electron chi connectivity index (χ3n) is 2.44. The number of methoxy groups -OCH3 is 1. The average molecular weight is 220 g/mol. The quantitative estimate of drug-likeness (QED) is 0.625. The maximum Gasteiger partial charge on any atom is 0.202 e. The fourth-order valence-corrected chi connectivity index (χ4v) is 1.50. The van der Waals surface area contributed by atoms with Crippen LogP contribution in [0.1, 0.15) is 18.1 Å². The molecular formula is C13H20N2O. The van der Waals surface area contributed by atoms with Gasteiger partial charge >= 0.3 is 0 Å². The number of nitrogens with zero attached hydrogens (tertiary/aromatic N) is 1. The number of likely N-dealkylation sites (N-methyl/N-ethyl adjacent to an activating group) is 1. The van der Waals surface area contributed by atoms with Crippen LogP contribution in [-0.4, -0.2) is 26.1 Å². The molecule has 1 aromatic carbocycles. The summed E-state index contributed by atoms with van der Waals surface area (Å²) in [5.41, 5.74) is 3.36. The molecule has 0 unspecified atom stereocenters. The van der Waals surface area contributed by atoms with Crippen LogP contribution < -0.4 is 5.32 Å². The standard InChI is InChI=1S/C13H20N2O/c1-5-14-9-12(16-4)15-13-10(2)7-6-8-11(13)3/h6-8,14H,5,9H2,1-4H3/b15-12+. The minimum atomic E-state index is 0.667. The fourth-order valence-electron chi connectivity index (χ4n) is 1.50. The lowest BCUT2D eigenvalue weighted by molar-refractivity contribution is 0.391. The van der Waals surface area contributed by atoms with Crippen LogP contribution >= 0.6 is 0 Å². The van der Waals surface area contributed by atoms with Gasteiger partial charge < -0.3 is 10.1 Å². The second-order valence-corrected chi connectivity index (χ2v) is 3.73. The van der Waals surface area contributed by atoms with Crippen LogP contribution in [0.5, 0.6) is 0 Å². The number of nitrogens with one attached hydrogen (secondary N) is 1. The van der Waals surface area contributed by atoms with Crippen LogP contribution in [0.25, 0.3) is 0 Å². The van der Waals surface area contributed by atoms with E-state index < -0.39 is 0 Å². The van der Waals surface area contributed by atoms with Crippen LogP contribution in [0.2, 0.25) is 0 Å². The summed E-state index contributed by atoms with van der Waals surface area (Å²) in [6.07, 6.45) is 0. The predicted octanol–water partition coefficient (Wildman–Crippen LogP) is 2.59. The Kier molecular flexibility index (Phi) is 4.99. The Morgan fingerprint density at radius 1 is 1.31 bits per heavy atom. The first-order chi connectivity index (χ1) is 7.69. The van der Waals surface area contributed by atoms with Gasteiger partial charge in [-0.05, 0) is 31.5 Å². The fraction of sp³-hybridized carbons (Fsp3) is 0.462. The lowest BCUT2D eigenvalue weighted by Crippen LogP contribution is -2.23. The number of rotatable bonds is 4. The van der Waals surface area contributed by atoms with Gasteiger partial charge in [0.25, 0.3) is 0 Å².